The summed E-state index contributed by atoms with van der Waals surface area (Å²) in [4.78, 5) is 6.54. The molecule has 0 atom stereocenters. The molecule has 0 aliphatic heterocycles. The van der Waals surface area contributed by atoms with E-state index in [1.807, 2.05) is 18.2 Å². The van der Waals surface area contributed by atoms with E-state index in [-0.39, 0.29) is 0 Å². The van der Waals surface area contributed by atoms with Gasteiger partial charge in [0.05, 0.1) is 19.3 Å². The van der Waals surface area contributed by atoms with E-state index in [0.717, 1.165) is 17.9 Å². The third kappa shape index (κ3) is 4.24. The van der Waals surface area contributed by atoms with Crippen molar-refractivity contribution in [3.8, 4) is 5.88 Å². The van der Waals surface area contributed by atoms with Crippen LogP contribution in [0.1, 0.15) is 11.3 Å². The molecule has 4 nitrogen and oxygen atoms in total. The second kappa shape index (κ2) is 6.91. The highest BCUT2D eigenvalue weighted by atomic mass is 16.5. The van der Waals surface area contributed by atoms with Crippen molar-refractivity contribution in [2.45, 2.75) is 13.1 Å². The fourth-order valence-corrected chi connectivity index (χ4v) is 2.01. The molecule has 0 unspecified atom stereocenters. The van der Waals surface area contributed by atoms with Crippen LogP contribution in [0.15, 0.2) is 42.5 Å². The van der Waals surface area contributed by atoms with Crippen LogP contribution >= 0.6 is 0 Å². The van der Waals surface area contributed by atoms with Crippen LogP contribution < -0.4 is 10.1 Å². The van der Waals surface area contributed by atoms with E-state index >= 15 is 0 Å². The van der Waals surface area contributed by atoms with E-state index in [1.54, 1.807) is 7.11 Å². The van der Waals surface area contributed by atoms with Crippen LogP contribution in [-0.2, 0) is 13.1 Å². The zero-order chi connectivity index (χ0) is 14.4. The highest BCUT2D eigenvalue weighted by molar-refractivity contribution is 5.46. The third-order valence-electron chi connectivity index (χ3n) is 2.89. The number of rotatable bonds is 6. The second-order valence-corrected chi connectivity index (χ2v) is 4.96. The van der Waals surface area contributed by atoms with Crippen LogP contribution in [-0.4, -0.2) is 31.1 Å². The Bertz CT molecular complexity index is 555. The molecule has 1 aromatic carbocycles. The Labute approximate surface area is 120 Å². The van der Waals surface area contributed by atoms with Crippen molar-refractivity contribution in [1.82, 2.24) is 9.88 Å². The first-order valence-corrected chi connectivity index (χ1v) is 6.65. The van der Waals surface area contributed by atoms with Gasteiger partial charge in [-0.15, -0.1) is 0 Å². The molecular formula is C16H21N3O. The molecule has 1 N–H and O–H groups in total. The summed E-state index contributed by atoms with van der Waals surface area (Å²) in [6.07, 6.45) is 0. The highest BCUT2D eigenvalue weighted by Crippen LogP contribution is 2.14. The van der Waals surface area contributed by atoms with Gasteiger partial charge >= 0.3 is 0 Å². The molecule has 2 aromatic rings. The Morgan fingerprint density at radius 1 is 1.15 bits per heavy atom. The topological polar surface area (TPSA) is 37.4 Å². The van der Waals surface area contributed by atoms with Crippen LogP contribution in [0.5, 0.6) is 5.88 Å². The highest BCUT2D eigenvalue weighted by Gasteiger charge is 2.00. The summed E-state index contributed by atoms with van der Waals surface area (Å²) in [5, 5.41) is 3.39. The van der Waals surface area contributed by atoms with Crippen LogP contribution in [0.3, 0.4) is 0 Å². The first-order chi connectivity index (χ1) is 9.67. The molecule has 4 heteroatoms. The standard InChI is InChI=1S/C16H21N3O/c1-19(2)12-13-6-4-7-14(10-13)17-11-15-8-5-9-16(18-15)20-3/h4-10,17H,11-12H2,1-3H3. The summed E-state index contributed by atoms with van der Waals surface area (Å²) in [7, 11) is 5.77. The number of hydrogen-bond donors (Lipinski definition) is 1. The number of ether oxygens (including phenoxy) is 1. The van der Waals surface area contributed by atoms with E-state index < -0.39 is 0 Å². The Morgan fingerprint density at radius 2 is 1.95 bits per heavy atom. The average molecular weight is 271 g/mol. The lowest BCUT2D eigenvalue weighted by Gasteiger charge is -2.12. The van der Waals surface area contributed by atoms with Crippen molar-refractivity contribution < 1.29 is 4.74 Å². The molecule has 0 radical (unpaired) electrons. The van der Waals surface area contributed by atoms with Gasteiger partial charge in [-0.1, -0.05) is 18.2 Å². The number of methoxy groups -OCH3 is 1. The summed E-state index contributed by atoms with van der Waals surface area (Å²) in [5.41, 5.74) is 3.36. The van der Waals surface area contributed by atoms with Gasteiger partial charge in [-0.2, -0.15) is 0 Å². The summed E-state index contributed by atoms with van der Waals surface area (Å²) in [5.74, 6) is 0.644. The van der Waals surface area contributed by atoms with Gasteiger partial charge in [0.15, 0.2) is 0 Å². The summed E-state index contributed by atoms with van der Waals surface area (Å²) >= 11 is 0. The molecule has 0 bridgehead atoms. The monoisotopic (exact) mass is 271 g/mol. The summed E-state index contributed by atoms with van der Waals surface area (Å²) in [6.45, 7) is 1.62. The SMILES string of the molecule is COc1cccc(CNc2cccc(CN(C)C)c2)n1. The number of anilines is 1. The average Bonchev–Trinajstić information content (AvgIpc) is 2.45. The molecule has 0 aliphatic carbocycles. The minimum Gasteiger partial charge on any atom is -0.481 e. The van der Waals surface area contributed by atoms with Crippen LogP contribution in [0.2, 0.25) is 0 Å². The lowest BCUT2D eigenvalue weighted by atomic mass is 10.2. The molecule has 0 amide bonds. The molecule has 0 fully saturated rings. The van der Waals surface area contributed by atoms with Crippen LogP contribution in [0, 0.1) is 0 Å². The van der Waals surface area contributed by atoms with Crippen molar-refractivity contribution in [3.63, 3.8) is 0 Å². The number of hydrogen-bond acceptors (Lipinski definition) is 4. The van der Waals surface area contributed by atoms with Crippen molar-refractivity contribution in [2.75, 3.05) is 26.5 Å². The van der Waals surface area contributed by atoms with Gasteiger partial charge in [-0.05, 0) is 37.9 Å². The minimum atomic E-state index is 0.644. The van der Waals surface area contributed by atoms with Gasteiger partial charge < -0.3 is 15.0 Å². The maximum Gasteiger partial charge on any atom is 0.213 e. The Kier molecular flexibility index (Phi) is 4.96. The molecule has 106 valence electrons. The van der Waals surface area contributed by atoms with Crippen molar-refractivity contribution in [1.29, 1.82) is 0 Å². The quantitative estimate of drug-likeness (QED) is 0.876. The predicted octanol–water partition coefficient (Wildman–Crippen LogP) is 2.76. The first-order valence-electron chi connectivity index (χ1n) is 6.65. The maximum absolute atomic E-state index is 5.13. The van der Waals surface area contributed by atoms with Gasteiger partial charge in [0, 0.05) is 18.3 Å². The van der Waals surface area contributed by atoms with Crippen LogP contribution in [0.4, 0.5) is 5.69 Å². The van der Waals surface area contributed by atoms with E-state index in [2.05, 4.69) is 53.6 Å². The van der Waals surface area contributed by atoms with Gasteiger partial charge in [0.25, 0.3) is 0 Å². The van der Waals surface area contributed by atoms with Crippen molar-refractivity contribution in [3.05, 3.63) is 53.7 Å². The lowest BCUT2D eigenvalue weighted by Crippen LogP contribution is -2.11. The van der Waals surface area contributed by atoms with Gasteiger partial charge in [-0.25, -0.2) is 4.98 Å². The Balaban J connectivity index is 1.99. The van der Waals surface area contributed by atoms with Gasteiger partial charge in [0.2, 0.25) is 5.88 Å². The van der Waals surface area contributed by atoms with Crippen molar-refractivity contribution >= 4 is 5.69 Å². The molecule has 1 heterocycles. The molecule has 0 aliphatic rings. The zero-order valence-electron chi connectivity index (χ0n) is 12.3. The predicted molar refractivity (Wildman–Crippen MR) is 81.9 cm³/mol. The molecule has 20 heavy (non-hydrogen) atoms. The summed E-state index contributed by atoms with van der Waals surface area (Å²) in [6, 6.07) is 14.2. The molecule has 2 rings (SSSR count). The van der Waals surface area contributed by atoms with Gasteiger partial charge in [-0.3, -0.25) is 0 Å². The third-order valence-corrected chi connectivity index (χ3v) is 2.89. The fourth-order valence-electron chi connectivity index (χ4n) is 2.01. The minimum absolute atomic E-state index is 0.644. The smallest absolute Gasteiger partial charge is 0.213 e. The van der Waals surface area contributed by atoms with E-state index in [0.29, 0.717) is 12.4 Å². The normalized spacial score (nSPS) is 10.6. The number of nitrogens with zero attached hydrogens (tertiary/aromatic N) is 2. The van der Waals surface area contributed by atoms with Crippen molar-refractivity contribution in [2.24, 2.45) is 0 Å². The molecule has 0 saturated carbocycles. The van der Waals surface area contributed by atoms with E-state index in [9.17, 15) is 0 Å². The summed E-state index contributed by atoms with van der Waals surface area (Å²) < 4.78 is 5.13. The second-order valence-electron chi connectivity index (χ2n) is 4.96. The Morgan fingerprint density at radius 3 is 2.70 bits per heavy atom. The maximum atomic E-state index is 5.13. The molecule has 0 spiro atoms. The molecule has 1 aromatic heterocycles. The first kappa shape index (κ1) is 14.3. The molecular weight excluding hydrogens is 250 g/mol. The Hall–Kier alpha value is -2.07. The zero-order valence-corrected chi connectivity index (χ0v) is 12.3. The lowest BCUT2D eigenvalue weighted by molar-refractivity contribution is 0.396. The number of pyridine rings is 1. The van der Waals surface area contributed by atoms with Gasteiger partial charge in [0.1, 0.15) is 0 Å². The largest absolute Gasteiger partial charge is 0.481 e. The fraction of sp³-hybridized carbons (Fsp3) is 0.312. The number of benzene rings is 1. The van der Waals surface area contributed by atoms with Crippen LogP contribution in [0.25, 0.3) is 0 Å². The molecule has 0 saturated heterocycles. The van der Waals surface area contributed by atoms with E-state index in [1.165, 1.54) is 5.56 Å². The number of nitrogens with one attached hydrogen (secondary N) is 1. The number of aromatic nitrogens is 1. The van der Waals surface area contributed by atoms with E-state index in [4.69, 9.17) is 4.74 Å².